The molecule has 0 aliphatic heterocycles. The Hall–Kier alpha value is -3.67. The van der Waals surface area contributed by atoms with E-state index in [-0.39, 0.29) is 5.91 Å². The van der Waals surface area contributed by atoms with Gasteiger partial charge < -0.3 is 10.1 Å². The Morgan fingerprint density at radius 1 is 1.03 bits per heavy atom. The SMILES string of the molecule is Cc1ccc(OCCCC(=O)Nc2cc(C)nn2-c2cc(C)c3ccccc3n2)cc1. The van der Waals surface area contributed by atoms with Crippen molar-refractivity contribution >= 4 is 22.6 Å². The van der Waals surface area contributed by atoms with Crippen LogP contribution in [-0.4, -0.2) is 27.3 Å². The number of rotatable bonds is 7. The predicted molar refractivity (Wildman–Crippen MR) is 123 cm³/mol. The van der Waals surface area contributed by atoms with E-state index in [9.17, 15) is 4.79 Å². The third-order valence-electron chi connectivity index (χ3n) is 5.06. The Labute approximate surface area is 181 Å². The fraction of sp³-hybridized carbons (Fsp3) is 0.240. The van der Waals surface area contributed by atoms with Gasteiger partial charge in [0.05, 0.1) is 17.8 Å². The number of pyridine rings is 1. The first kappa shape index (κ1) is 20.6. The highest BCUT2D eigenvalue weighted by Gasteiger charge is 2.13. The lowest BCUT2D eigenvalue weighted by molar-refractivity contribution is -0.116. The topological polar surface area (TPSA) is 69.0 Å². The Kier molecular flexibility index (Phi) is 5.98. The number of fused-ring (bicyclic) bond motifs is 1. The first-order valence-electron chi connectivity index (χ1n) is 10.4. The maximum atomic E-state index is 12.5. The van der Waals surface area contributed by atoms with Crippen molar-refractivity contribution in [1.29, 1.82) is 0 Å². The van der Waals surface area contributed by atoms with Gasteiger partial charge in [0.15, 0.2) is 5.82 Å². The number of amides is 1. The van der Waals surface area contributed by atoms with E-state index >= 15 is 0 Å². The summed E-state index contributed by atoms with van der Waals surface area (Å²) in [5, 5.41) is 8.62. The van der Waals surface area contributed by atoms with Gasteiger partial charge in [0.25, 0.3) is 0 Å². The second kappa shape index (κ2) is 9.00. The molecule has 0 fully saturated rings. The summed E-state index contributed by atoms with van der Waals surface area (Å²) < 4.78 is 7.40. The molecule has 4 aromatic rings. The number of para-hydroxylation sites is 1. The molecule has 2 heterocycles. The molecule has 2 aromatic heterocycles. The van der Waals surface area contributed by atoms with Gasteiger partial charge in [0.2, 0.25) is 5.91 Å². The summed E-state index contributed by atoms with van der Waals surface area (Å²) in [7, 11) is 0. The van der Waals surface area contributed by atoms with Crippen LogP contribution < -0.4 is 10.1 Å². The van der Waals surface area contributed by atoms with Gasteiger partial charge in [-0.05, 0) is 57.0 Å². The number of aryl methyl sites for hydroxylation is 3. The summed E-state index contributed by atoms with van der Waals surface area (Å²) >= 11 is 0. The van der Waals surface area contributed by atoms with Crippen LogP contribution in [0.1, 0.15) is 29.7 Å². The zero-order valence-corrected chi connectivity index (χ0v) is 18.1. The van der Waals surface area contributed by atoms with E-state index in [1.54, 1.807) is 4.68 Å². The zero-order valence-electron chi connectivity index (χ0n) is 18.1. The van der Waals surface area contributed by atoms with Crippen LogP contribution >= 0.6 is 0 Å². The number of nitrogens with zero attached hydrogens (tertiary/aromatic N) is 3. The minimum absolute atomic E-state index is 0.0776. The molecule has 4 rings (SSSR count). The molecule has 1 N–H and O–H groups in total. The number of hydrogen-bond acceptors (Lipinski definition) is 4. The van der Waals surface area contributed by atoms with Crippen LogP contribution in [0.4, 0.5) is 5.82 Å². The van der Waals surface area contributed by atoms with Gasteiger partial charge in [0.1, 0.15) is 11.6 Å². The number of hydrogen-bond donors (Lipinski definition) is 1. The first-order chi connectivity index (χ1) is 15.0. The molecular weight excluding hydrogens is 388 g/mol. The zero-order chi connectivity index (χ0) is 21.8. The molecule has 0 unspecified atom stereocenters. The van der Waals surface area contributed by atoms with Crippen molar-refractivity contribution in [3.05, 3.63) is 77.5 Å². The van der Waals surface area contributed by atoms with Crippen molar-refractivity contribution in [2.75, 3.05) is 11.9 Å². The molecule has 0 spiro atoms. The van der Waals surface area contributed by atoms with Crippen LogP contribution in [0, 0.1) is 20.8 Å². The summed E-state index contributed by atoms with van der Waals surface area (Å²) in [5.74, 6) is 2.04. The molecule has 0 radical (unpaired) electrons. The van der Waals surface area contributed by atoms with Crippen molar-refractivity contribution in [2.45, 2.75) is 33.6 Å². The number of anilines is 1. The molecule has 0 aliphatic rings. The molecule has 0 atom stereocenters. The van der Waals surface area contributed by atoms with Crippen molar-refractivity contribution in [2.24, 2.45) is 0 Å². The molecule has 2 aromatic carbocycles. The molecule has 1 amide bonds. The lowest BCUT2D eigenvalue weighted by Gasteiger charge is -2.11. The van der Waals surface area contributed by atoms with Crippen LogP contribution in [0.15, 0.2) is 60.7 Å². The van der Waals surface area contributed by atoms with Crippen LogP contribution in [0.2, 0.25) is 0 Å². The fourth-order valence-electron chi connectivity index (χ4n) is 3.47. The average Bonchev–Trinajstić information content (AvgIpc) is 3.12. The molecule has 6 heteroatoms. The van der Waals surface area contributed by atoms with Gasteiger partial charge >= 0.3 is 0 Å². The summed E-state index contributed by atoms with van der Waals surface area (Å²) in [6.45, 7) is 6.47. The van der Waals surface area contributed by atoms with Crippen LogP contribution in [-0.2, 0) is 4.79 Å². The molecule has 0 saturated carbocycles. The second-order valence-corrected chi connectivity index (χ2v) is 7.71. The number of aromatic nitrogens is 3. The minimum atomic E-state index is -0.0776. The Bertz CT molecular complexity index is 1210. The van der Waals surface area contributed by atoms with Crippen LogP contribution in [0.5, 0.6) is 5.75 Å². The van der Waals surface area contributed by atoms with Gasteiger partial charge in [0, 0.05) is 17.9 Å². The van der Waals surface area contributed by atoms with Crippen LogP contribution in [0.3, 0.4) is 0 Å². The number of nitrogens with one attached hydrogen (secondary N) is 1. The Morgan fingerprint density at radius 2 is 1.81 bits per heavy atom. The number of carbonyl (C=O) groups is 1. The molecule has 0 saturated heterocycles. The average molecular weight is 415 g/mol. The summed E-state index contributed by atoms with van der Waals surface area (Å²) in [6, 6.07) is 19.7. The van der Waals surface area contributed by atoms with E-state index in [1.807, 2.05) is 68.4 Å². The van der Waals surface area contributed by atoms with E-state index in [4.69, 9.17) is 9.72 Å². The minimum Gasteiger partial charge on any atom is -0.494 e. The molecule has 31 heavy (non-hydrogen) atoms. The fourth-order valence-corrected chi connectivity index (χ4v) is 3.47. The van der Waals surface area contributed by atoms with Crippen molar-refractivity contribution in [1.82, 2.24) is 14.8 Å². The van der Waals surface area contributed by atoms with Gasteiger partial charge in [-0.2, -0.15) is 9.78 Å². The third kappa shape index (κ3) is 4.91. The van der Waals surface area contributed by atoms with Crippen molar-refractivity contribution < 1.29 is 9.53 Å². The van der Waals surface area contributed by atoms with Crippen molar-refractivity contribution in [3.63, 3.8) is 0 Å². The smallest absolute Gasteiger partial charge is 0.225 e. The summed E-state index contributed by atoms with van der Waals surface area (Å²) in [4.78, 5) is 17.2. The monoisotopic (exact) mass is 414 g/mol. The van der Waals surface area contributed by atoms with E-state index in [2.05, 4.69) is 23.4 Å². The molecule has 6 nitrogen and oxygen atoms in total. The highest BCUT2D eigenvalue weighted by molar-refractivity contribution is 5.90. The van der Waals surface area contributed by atoms with Gasteiger partial charge in [-0.3, -0.25) is 4.79 Å². The Morgan fingerprint density at radius 3 is 2.61 bits per heavy atom. The predicted octanol–water partition coefficient (Wildman–Crippen LogP) is 5.14. The number of carbonyl (C=O) groups excluding carboxylic acids is 1. The molecule has 158 valence electrons. The van der Waals surface area contributed by atoms with E-state index in [0.717, 1.165) is 27.9 Å². The first-order valence-corrected chi connectivity index (χ1v) is 10.4. The summed E-state index contributed by atoms with van der Waals surface area (Å²) in [5.41, 5.74) is 4.01. The molecule has 0 aliphatic carbocycles. The lowest BCUT2D eigenvalue weighted by Crippen LogP contribution is -2.16. The van der Waals surface area contributed by atoms with E-state index in [0.29, 0.717) is 31.1 Å². The van der Waals surface area contributed by atoms with Gasteiger partial charge in [-0.15, -0.1) is 0 Å². The van der Waals surface area contributed by atoms with Gasteiger partial charge in [-0.1, -0.05) is 35.9 Å². The normalized spacial score (nSPS) is 10.9. The van der Waals surface area contributed by atoms with Crippen LogP contribution in [0.25, 0.3) is 16.7 Å². The second-order valence-electron chi connectivity index (χ2n) is 7.71. The third-order valence-corrected chi connectivity index (χ3v) is 5.06. The standard InChI is InChI=1S/C25H26N4O2/c1-17-10-12-20(13-11-17)31-14-6-9-25(30)27-24-16-19(3)28-29(24)23-15-18(2)21-7-4-5-8-22(21)26-23/h4-5,7-8,10-13,15-16H,6,9,14H2,1-3H3,(H,27,30). The Balaban J connectivity index is 1.41. The molecule has 0 bridgehead atoms. The highest BCUT2D eigenvalue weighted by Crippen LogP contribution is 2.22. The lowest BCUT2D eigenvalue weighted by atomic mass is 10.1. The summed E-state index contributed by atoms with van der Waals surface area (Å²) in [6.07, 6.45) is 0.987. The number of benzene rings is 2. The van der Waals surface area contributed by atoms with Gasteiger partial charge in [-0.25, -0.2) is 4.98 Å². The van der Waals surface area contributed by atoms with Crippen molar-refractivity contribution in [3.8, 4) is 11.6 Å². The van der Waals surface area contributed by atoms with E-state index < -0.39 is 0 Å². The maximum absolute atomic E-state index is 12.5. The number of ether oxygens (including phenoxy) is 1. The highest BCUT2D eigenvalue weighted by atomic mass is 16.5. The van der Waals surface area contributed by atoms with E-state index in [1.165, 1.54) is 5.56 Å². The molecular formula is C25H26N4O2. The quantitative estimate of drug-likeness (QED) is 0.425. The largest absolute Gasteiger partial charge is 0.494 e. The maximum Gasteiger partial charge on any atom is 0.225 e.